The van der Waals surface area contributed by atoms with Crippen LogP contribution in [0.5, 0.6) is 5.75 Å². The van der Waals surface area contributed by atoms with Gasteiger partial charge in [-0.1, -0.05) is 51.8 Å². The maximum Gasteiger partial charge on any atom is 0.410 e. The maximum absolute atomic E-state index is 14.1. The second kappa shape index (κ2) is 10.1. The summed E-state index contributed by atoms with van der Waals surface area (Å²) in [6.45, 7) is 1.80. The molecule has 12 heteroatoms. The average Bonchev–Trinajstić information content (AvgIpc) is 3.23. The van der Waals surface area contributed by atoms with Gasteiger partial charge in [0.2, 0.25) is 0 Å². The highest BCUT2D eigenvalue weighted by atomic mass is 79.9. The molecule has 2 aromatic carbocycles. The van der Waals surface area contributed by atoms with Crippen LogP contribution in [0.1, 0.15) is 34.6 Å². The Kier molecular flexibility index (Phi) is 7.01. The van der Waals surface area contributed by atoms with Crippen molar-refractivity contribution in [2.75, 3.05) is 43.5 Å². The van der Waals surface area contributed by atoms with E-state index < -0.39 is 24.2 Å². The summed E-state index contributed by atoms with van der Waals surface area (Å²) in [7, 11) is 1.60. The molecule has 3 heterocycles. The summed E-state index contributed by atoms with van der Waals surface area (Å²) in [4.78, 5) is 17.0. The summed E-state index contributed by atoms with van der Waals surface area (Å²) in [6, 6.07) is 12.1. The molecule has 0 bridgehead atoms. The lowest BCUT2D eigenvalue weighted by atomic mass is 9.97. The standard InChI is InChI=1S/C25H24BrClF3N5O2/c1-37-19-5-3-2-4-18(19)33-10-12-34(13-11-33)24(36)22-21(27)23-31-17(15-6-8-16(26)9-7-15)14-20(25(28,29)30)35(23)32-22/h2-9,17,20,31H,10-14H2,1H3/t17-,20-/m0/s1. The third-order valence-corrected chi connectivity index (χ3v) is 7.65. The zero-order chi connectivity index (χ0) is 26.3. The zero-order valence-corrected chi connectivity index (χ0v) is 22.1. The van der Waals surface area contributed by atoms with Crippen molar-refractivity contribution in [2.45, 2.75) is 24.7 Å². The summed E-state index contributed by atoms with van der Waals surface area (Å²) < 4.78 is 49.3. The van der Waals surface area contributed by atoms with Gasteiger partial charge in [-0.05, 0) is 29.8 Å². The molecule has 0 aliphatic carbocycles. The van der Waals surface area contributed by atoms with Gasteiger partial charge in [-0.2, -0.15) is 18.3 Å². The third kappa shape index (κ3) is 4.98. The number of ether oxygens (including phenoxy) is 1. The van der Waals surface area contributed by atoms with Gasteiger partial charge in [0.15, 0.2) is 11.7 Å². The number of halogens is 5. The molecule has 1 fully saturated rings. The lowest BCUT2D eigenvalue weighted by molar-refractivity contribution is -0.173. The number of fused-ring (bicyclic) bond motifs is 1. The van der Waals surface area contributed by atoms with E-state index in [1.807, 2.05) is 24.3 Å². The molecule has 0 spiro atoms. The number of benzene rings is 2. The van der Waals surface area contributed by atoms with Crippen molar-refractivity contribution < 1.29 is 22.7 Å². The number of hydrogen-bond acceptors (Lipinski definition) is 5. The third-order valence-electron chi connectivity index (χ3n) is 6.76. The largest absolute Gasteiger partial charge is 0.495 e. The van der Waals surface area contributed by atoms with E-state index in [0.29, 0.717) is 31.7 Å². The van der Waals surface area contributed by atoms with Gasteiger partial charge < -0.3 is 19.9 Å². The Hall–Kier alpha value is -2.92. The van der Waals surface area contributed by atoms with Crippen molar-refractivity contribution in [1.82, 2.24) is 14.7 Å². The van der Waals surface area contributed by atoms with Gasteiger partial charge in [-0.15, -0.1) is 0 Å². The molecular formula is C25H24BrClF3N5O2. The minimum Gasteiger partial charge on any atom is -0.495 e. The van der Waals surface area contributed by atoms with Gasteiger partial charge in [0.05, 0.1) is 18.8 Å². The molecular weight excluding hydrogens is 575 g/mol. The van der Waals surface area contributed by atoms with E-state index in [-0.39, 0.29) is 23.0 Å². The number of carbonyl (C=O) groups excluding carboxylic acids is 1. The average molecular weight is 599 g/mol. The molecule has 3 aromatic rings. The van der Waals surface area contributed by atoms with Crippen LogP contribution in [0.25, 0.3) is 0 Å². The number of para-hydroxylation sites is 2. The van der Waals surface area contributed by atoms with Gasteiger partial charge in [0, 0.05) is 37.1 Å². The van der Waals surface area contributed by atoms with Crippen molar-refractivity contribution in [3.05, 3.63) is 69.3 Å². The minimum atomic E-state index is -4.57. The molecule has 1 N–H and O–H groups in total. The Balaban J connectivity index is 1.38. The van der Waals surface area contributed by atoms with Gasteiger partial charge >= 0.3 is 6.18 Å². The topological polar surface area (TPSA) is 62.6 Å². The van der Waals surface area contributed by atoms with Crippen LogP contribution in [0.15, 0.2) is 53.0 Å². The molecule has 0 unspecified atom stereocenters. The molecule has 1 amide bonds. The number of nitrogens with zero attached hydrogens (tertiary/aromatic N) is 4. The Morgan fingerprint density at radius 2 is 1.78 bits per heavy atom. The highest BCUT2D eigenvalue weighted by Crippen LogP contribution is 2.46. The van der Waals surface area contributed by atoms with Gasteiger partial charge in [0.1, 0.15) is 16.6 Å². The molecule has 1 aromatic heterocycles. The number of rotatable bonds is 4. The fraction of sp³-hybridized carbons (Fsp3) is 0.360. The Morgan fingerprint density at radius 3 is 2.43 bits per heavy atom. The van der Waals surface area contributed by atoms with Crippen molar-refractivity contribution in [2.24, 2.45) is 0 Å². The minimum absolute atomic E-state index is 0.000770. The van der Waals surface area contributed by atoms with E-state index in [1.54, 1.807) is 36.3 Å². The summed E-state index contributed by atoms with van der Waals surface area (Å²) in [5.74, 6) is 0.241. The van der Waals surface area contributed by atoms with Crippen molar-refractivity contribution >= 4 is 44.9 Å². The number of anilines is 2. The first-order valence-electron chi connectivity index (χ1n) is 11.7. The van der Waals surface area contributed by atoms with E-state index in [2.05, 4.69) is 31.2 Å². The van der Waals surface area contributed by atoms with Crippen LogP contribution in [0, 0.1) is 0 Å². The highest BCUT2D eigenvalue weighted by Gasteiger charge is 2.48. The zero-order valence-electron chi connectivity index (χ0n) is 19.8. The van der Waals surface area contributed by atoms with E-state index in [0.717, 1.165) is 20.6 Å². The number of nitrogens with one attached hydrogen (secondary N) is 1. The second-order valence-corrected chi connectivity index (χ2v) is 10.2. The molecule has 2 aliphatic rings. The normalized spacial score (nSPS) is 19.8. The number of amides is 1. The second-order valence-electron chi connectivity index (χ2n) is 8.95. The molecule has 7 nitrogen and oxygen atoms in total. The summed E-state index contributed by atoms with van der Waals surface area (Å²) in [6.07, 6.45) is -4.85. The van der Waals surface area contributed by atoms with Gasteiger partial charge in [0.25, 0.3) is 5.91 Å². The monoisotopic (exact) mass is 597 g/mol. The molecule has 0 saturated carbocycles. The maximum atomic E-state index is 14.1. The van der Waals surface area contributed by atoms with Crippen LogP contribution in [0.2, 0.25) is 5.02 Å². The Bertz CT molecular complexity index is 1290. The number of piperazine rings is 1. The number of alkyl halides is 3. The molecule has 1 saturated heterocycles. The van der Waals surface area contributed by atoms with Crippen LogP contribution < -0.4 is 15.0 Å². The lowest BCUT2D eigenvalue weighted by Gasteiger charge is -2.36. The van der Waals surface area contributed by atoms with E-state index in [1.165, 1.54) is 0 Å². The van der Waals surface area contributed by atoms with E-state index in [4.69, 9.17) is 16.3 Å². The van der Waals surface area contributed by atoms with Crippen molar-refractivity contribution in [3.8, 4) is 5.75 Å². The molecule has 0 radical (unpaired) electrons. The Labute approximate surface area is 225 Å². The van der Waals surface area contributed by atoms with E-state index in [9.17, 15) is 18.0 Å². The van der Waals surface area contributed by atoms with Crippen molar-refractivity contribution in [3.63, 3.8) is 0 Å². The highest BCUT2D eigenvalue weighted by molar-refractivity contribution is 9.10. The van der Waals surface area contributed by atoms with Crippen LogP contribution in [-0.4, -0.2) is 60.1 Å². The molecule has 2 aliphatic heterocycles. The SMILES string of the molecule is COc1ccccc1N1CCN(C(=O)c2nn3c(c2Cl)N[C@H](c2ccc(Br)cc2)C[C@H]3C(F)(F)F)CC1. The quantitative estimate of drug-likeness (QED) is 0.404. The number of hydrogen-bond donors (Lipinski definition) is 1. The summed E-state index contributed by atoms with van der Waals surface area (Å²) in [5, 5.41) is 7.07. The predicted molar refractivity (Wildman–Crippen MR) is 139 cm³/mol. The number of methoxy groups -OCH3 is 1. The summed E-state index contributed by atoms with van der Waals surface area (Å²) in [5.41, 5.74) is 1.42. The number of carbonyl (C=O) groups is 1. The Morgan fingerprint density at radius 1 is 1.11 bits per heavy atom. The van der Waals surface area contributed by atoms with Crippen LogP contribution >= 0.6 is 27.5 Å². The van der Waals surface area contributed by atoms with Crippen LogP contribution in [-0.2, 0) is 0 Å². The van der Waals surface area contributed by atoms with Crippen LogP contribution in [0.3, 0.4) is 0 Å². The van der Waals surface area contributed by atoms with Crippen molar-refractivity contribution in [1.29, 1.82) is 0 Å². The van der Waals surface area contributed by atoms with Crippen LogP contribution in [0.4, 0.5) is 24.7 Å². The predicted octanol–water partition coefficient (Wildman–Crippen LogP) is 5.93. The van der Waals surface area contributed by atoms with Gasteiger partial charge in [-0.25, -0.2) is 4.68 Å². The summed E-state index contributed by atoms with van der Waals surface area (Å²) >= 11 is 9.86. The first-order valence-corrected chi connectivity index (χ1v) is 12.9. The number of aromatic nitrogens is 2. The van der Waals surface area contributed by atoms with Gasteiger partial charge in [-0.3, -0.25) is 4.79 Å². The fourth-order valence-electron chi connectivity index (χ4n) is 4.83. The molecule has 5 rings (SSSR count). The lowest BCUT2D eigenvalue weighted by Crippen LogP contribution is -2.49. The molecule has 196 valence electrons. The van der Waals surface area contributed by atoms with E-state index >= 15 is 0 Å². The molecule has 2 atom stereocenters. The smallest absolute Gasteiger partial charge is 0.410 e. The molecule has 37 heavy (non-hydrogen) atoms. The first-order chi connectivity index (χ1) is 17.7. The fourth-order valence-corrected chi connectivity index (χ4v) is 5.36. The first kappa shape index (κ1) is 25.7.